The van der Waals surface area contributed by atoms with Crippen LogP contribution in [0, 0.1) is 0 Å². The van der Waals surface area contributed by atoms with E-state index in [-0.39, 0.29) is 18.3 Å². The first-order chi connectivity index (χ1) is 14.0. The SMILES string of the molecule is CC(C)OC(=O)N1CCC(Oc2nc(-c3ccc(Br)cc3)nc3[nH]ncc23)CC1. The lowest BCUT2D eigenvalue weighted by molar-refractivity contribution is 0.0511. The topological polar surface area (TPSA) is 93.2 Å². The molecule has 0 atom stereocenters. The molecule has 0 radical (unpaired) electrons. The van der Waals surface area contributed by atoms with E-state index in [0.717, 1.165) is 15.4 Å². The Balaban J connectivity index is 1.50. The molecule has 3 aromatic rings. The third-order valence-corrected chi connectivity index (χ3v) is 5.22. The molecule has 4 rings (SSSR count). The Morgan fingerprint density at radius 3 is 2.62 bits per heavy atom. The molecular formula is C20H22BrN5O3. The van der Waals surface area contributed by atoms with Crippen molar-refractivity contribution in [2.45, 2.75) is 38.9 Å². The van der Waals surface area contributed by atoms with Gasteiger partial charge in [0.25, 0.3) is 0 Å². The average molecular weight is 460 g/mol. The molecule has 0 unspecified atom stereocenters. The number of carbonyl (C=O) groups excluding carboxylic acids is 1. The molecule has 3 heterocycles. The van der Waals surface area contributed by atoms with Crippen molar-refractivity contribution in [1.29, 1.82) is 0 Å². The number of likely N-dealkylation sites (tertiary alicyclic amines) is 1. The first kappa shape index (κ1) is 19.6. The van der Waals surface area contributed by atoms with Crippen molar-refractivity contribution in [2.75, 3.05) is 13.1 Å². The fraction of sp³-hybridized carbons (Fsp3) is 0.400. The Morgan fingerprint density at radius 1 is 1.21 bits per heavy atom. The summed E-state index contributed by atoms with van der Waals surface area (Å²) in [6.45, 7) is 4.88. The van der Waals surface area contributed by atoms with Gasteiger partial charge in [-0.25, -0.2) is 9.78 Å². The number of piperidine rings is 1. The van der Waals surface area contributed by atoms with E-state index in [0.29, 0.717) is 43.3 Å². The molecule has 0 aliphatic carbocycles. The van der Waals surface area contributed by atoms with Gasteiger partial charge in [0, 0.05) is 36.0 Å². The van der Waals surface area contributed by atoms with Gasteiger partial charge < -0.3 is 14.4 Å². The molecule has 0 bridgehead atoms. The van der Waals surface area contributed by atoms with Crippen LogP contribution in [0.25, 0.3) is 22.4 Å². The van der Waals surface area contributed by atoms with E-state index in [2.05, 4.69) is 36.1 Å². The molecule has 1 aliphatic rings. The number of carbonyl (C=O) groups is 1. The molecule has 1 fully saturated rings. The van der Waals surface area contributed by atoms with E-state index in [1.165, 1.54) is 0 Å². The Bertz CT molecular complexity index is 997. The van der Waals surface area contributed by atoms with Crippen LogP contribution in [0.1, 0.15) is 26.7 Å². The highest BCUT2D eigenvalue weighted by atomic mass is 79.9. The summed E-state index contributed by atoms with van der Waals surface area (Å²) >= 11 is 3.44. The van der Waals surface area contributed by atoms with Crippen molar-refractivity contribution < 1.29 is 14.3 Å². The van der Waals surface area contributed by atoms with Crippen LogP contribution in [0.2, 0.25) is 0 Å². The lowest BCUT2D eigenvalue weighted by Crippen LogP contribution is -2.42. The summed E-state index contributed by atoms with van der Waals surface area (Å²) in [5.41, 5.74) is 1.52. The van der Waals surface area contributed by atoms with Crippen LogP contribution in [0.5, 0.6) is 5.88 Å². The van der Waals surface area contributed by atoms with E-state index in [9.17, 15) is 4.79 Å². The van der Waals surface area contributed by atoms with E-state index < -0.39 is 0 Å². The highest BCUT2D eigenvalue weighted by Crippen LogP contribution is 2.28. The maximum absolute atomic E-state index is 12.1. The van der Waals surface area contributed by atoms with Gasteiger partial charge in [-0.3, -0.25) is 5.10 Å². The first-order valence-corrected chi connectivity index (χ1v) is 10.4. The zero-order valence-electron chi connectivity index (χ0n) is 16.3. The minimum Gasteiger partial charge on any atom is -0.474 e. The van der Waals surface area contributed by atoms with Crippen LogP contribution in [0.15, 0.2) is 34.9 Å². The fourth-order valence-corrected chi connectivity index (χ4v) is 3.48. The van der Waals surface area contributed by atoms with Crippen molar-refractivity contribution in [3.05, 3.63) is 34.9 Å². The predicted octanol–water partition coefficient (Wildman–Crippen LogP) is 4.17. The molecule has 2 aromatic heterocycles. The summed E-state index contributed by atoms with van der Waals surface area (Å²) in [4.78, 5) is 23.0. The molecule has 0 spiro atoms. The lowest BCUT2D eigenvalue weighted by Gasteiger charge is -2.31. The summed E-state index contributed by atoms with van der Waals surface area (Å²) in [6, 6.07) is 7.79. The van der Waals surface area contributed by atoms with E-state index in [4.69, 9.17) is 9.47 Å². The van der Waals surface area contributed by atoms with Gasteiger partial charge in [-0.1, -0.05) is 28.1 Å². The maximum Gasteiger partial charge on any atom is 0.410 e. The summed E-state index contributed by atoms with van der Waals surface area (Å²) in [7, 11) is 0. The normalized spacial score (nSPS) is 15.1. The van der Waals surface area contributed by atoms with Gasteiger partial charge in [-0.05, 0) is 26.0 Å². The molecule has 1 amide bonds. The molecule has 29 heavy (non-hydrogen) atoms. The minimum absolute atomic E-state index is 0.0381. The first-order valence-electron chi connectivity index (χ1n) is 9.59. The number of aromatic nitrogens is 4. The number of fused-ring (bicyclic) bond motifs is 1. The van der Waals surface area contributed by atoms with Crippen LogP contribution in [-0.4, -0.2) is 56.5 Å². The van der Waals surface area contributed by atoms with Gasteiger partial charge in [0.15, 0.2) is 11.5 Å². The number of amides is 1. The third-order valence-electron chi connectivity index (χ3n) is 4.69. The molecule has 152 valence electrons. The number of halogens is 1. The molecule has 1 N–H and O–H groups in total. The van der Waals surface area contributed by atoms with Gasteiger partial charge in [0.1, 0.15) is 11.5 Å². The van der Waals surface area contributed by atoms with Crippen LogP contribution in [0.4, 0.5) is 4.79 Å². The Kier molecular flexibility index (Phi) is 5.66. The highest BCUT2D eigenvalue weighted by molar-refractivity contribution is 9.10. The zero-order chi connectivity index (χ0) is 20.4. The fourth-order valence-electron chi connectivity index (χ4n) is 3.22. The minimum atomic E-state index is -0.268. The highest BCUT2D eigenvalue weighted by Gasteiger charge is 2.26. The summed E-state index contributed by atoms with van der Waals surface area (Å²) in [5.74, 6) is 1.08. The number of benzene rings is 1. The van der Waals surface area contributed by atoms with Crippen molar-refractivity contribution in [2.24, 2.45) is 0 Å². The van der Waals surface area contributed by atoms with Crippen molar-refractivity contribution >= 4 is 33.1 Å². The number of ether oxygens (including phenoxy) is 2. The number of nitrogens with one attached hydrogen (secondary N) is 1. The van der Waals surface area contributed by atoms with E-state index in [1.807, 2.05) is 38.1 Å². The van der Waals surface area contributed by atoms with E-state index in [1.54, 1.807) is 11.1 Å². The standard InChI is InChI=1S/C20H22BrN5O3/c1-12(2)28-20(27)26-9-7-15(8-10-26)29-19-16-11-22-25-18(16)23-17(24-19)13-3-5-14(21)6-4-13/h3-6,11-12,15H,7-10H2,1-2H3,(H,22,23,24,25). The summed E-state index contributed by atoms with van der Waals surface area (Å²) < 4.78 is 12.5. The number of H-pyrrole nitrogens is 1. The van der Waals surface area contributed by atoms with Crippen LogP contribution >= 0.6 is 15.9 Å². The molecule has 1 aliphatic heterocycles. The van der Waals surface area contributed by atoms with E-state index >= 15 is 0 Å². The van der Waals surface area contributed by atoms with Crippen molar-refractivity contribution in [3.8, 4) is 17.3 Å². The van der Waals surface area contributed by atoms with Crippen LogP contribution in [-0.2, 0) is 4.74 Å². The molecule has 8 nitrogen and oxygen atoms in total. The molecule has 1 aromatic carbocycles. The van der Waals surface area contributed by atoms with Gasteiger partial charge in [0.05, 0.1) is 12.3 Å². The predicted molar refractivity (Wildman–Crippen MR) is 112 cm³/mol. The number of hydrogen-bond acceptors (Lipinski definition) is 6. The number of aromatic amines is 1. The molecule has 1 saturated heterocycles. The number of nitrogens with zero attached hydrogens (tertiary/aromatic N) is 4. The molecule has 9 heteroatoms. The second kappa shape index (κ2) is 8.36. The summed E-state index contributed by atoms with van der Waals surface area (Å²) in [6.07, 6.45) is 2.67. The van der Waals surface area contributed by atoms with Gasteiger partial charge in [-0.15, -0.1) is 0 Å². The average Bonchev–Trinajstić information content (AvgIpc) is 3.17. The number of hydrogen-bond donors (Lipinski definition) is 1. The number of rotatable bonds is 4. The van der Waals surface area contributed by atoms with Gasteiger partial charge >= 0.3 is 6.09 Å². The van der Waals surface area contributed by atoms with Gasteiger partial charge in [-0.2, -0.15) is 10.1 Å². The summed E-state index contributed by atoms with van der Waals surface area (Å²) in [5, 5.41) is 7.72. The quantitative estimate of drug-likeness (QED) is 0.628. The second-order valence-corrected chi connectivity index (χ2v) is 8.14. The van der Waals surface area contributed by atoms with Crippen molar-refractivity contribution in [1.82, 2.24) is 25.1 Å². The maximum atomic E-state index is 12.1. The second-order valence-electron chi connectivity index (χ2n) is 7.23. The Hall–Kier alpha value is -2.68. The Morgan fingerprint density at radius 2 is 1.93 bits per heavy atom. The third kappa shape index (κ3) is 4.50. The smallest absolute Gasteiger partial charge is 0.410 e. The molecule has 0 saturated carbocycles. The van der Waals surface area contributed by atoms with Crippen molar-refractivity contribution in [3.63, 3.8) is 0 Å². The van der Waals surface area contributed by atoms with Crippen LogP contribution < -0.4 is 4.74 Å². The Labute approximate surface area is 176 Å². The lowest BCUT2D eigenvalue weighted by atomic mass is 10.1. The monoisotopic (exact) mass is 459 g/mol. The molecular weight excluding hydrogens is 438 g/mol. The largest absolute Gasteiger partial charge is 0.474 e. The zero-order valence-corrected chi connectivity index (χ0v) is 17.8. The van der Waals surface area contributed by atoms with Crippen LogP contribution in [0.3, 0.4) is 0 Å². The van der Waals surface area contributed by atoms with Gasteiger partial charge in [0.2, 0.25) is 5.88 Å².